The Kier molecular flexibility index (Phi) is 42.2. The van der Waals surface area contributed by atoms with Gasteiger partial charge in [-0.3, -0.25) is 57.9 Å². The van der Waals surface area contributed by atoms with Crippen LogP contribution in [0.2, 0.25) is 0 Å². The van der Waals surface area contributed by atoms with E-state index in [0.717, 1.165) is 19.6 Å². The van der Waals surface area contributed by atoms with Crippen molar-refractivity contribution in [1.29, 1.82) is 0 Å². The molecule has 87 heavy (non-hydrogen) atoms. The quantitative estimate of drug-likeness (QED) is 0.0199. The predicted molar refractivity (Wildman–Crippen MR) is 284 cm³/mol. The van der Waals surface area contributed by atoms with Gasteiger partial charge in [0, 0.05) is 78.5 Å². The van der Waals surface area contributed by atoms with Crippen molar-refractivity contribution in [2.75, 3.05) is 151 Å². The summed E-state index contributed by atoms with van der Waals surface area (Å²) in [6, 6.07) is 0. The van der Waals surface area contributed by atoms with E-state index in [1.54, 1.807) is 0 Å². The van der Waals surface area contributed by atoms with Gasteiger partial charge in [-0.25, -0.2) is 11.0 Å². The van der Waals surface area contributed by atoms with Gasteiger partial charge in [-0.15, -0.1) is 0 Å². The summed E-state index contributed by atoms with van der Waals surface area (Å²) in [6.45, 7) is -14.4. The van der Waals surface area contributed by atoms with Crippen molar-refractivity contribution in [3.63, 3.8) is 0 Å². The van der Waals surface area contributed by atoms with E-state index in [0.29, 0.717) is 0 Å². The summed E-state index contributed by atoms with van der Waals surface area (Å²) in [5, 5.41) is 229. The number of hydrogen-bond donors (Lipinski definition) is 27. The van der Waals surface area contributed by atoms with Crippen molar-refractivity contribution in [3.8, 4) is 0 Å². The number of carboxylic acids is 3. The predicted octanol–water partition coefficient (Wildman–Crippen LogP) is -18.2. The number of hydroxylamine groups is 2. The van der Waals surface area contributed by atoms with Crippen LogP contribution in [0.25, 0.3) is 0 Å². The first-order valence-corrected chi connectivity index (χ1v) is 26.7. The van der Waals surface area contributed by atoms with E-state index in [4.69, 9.17) is 30.1 Å². The Labute approximate surface area is 496 Å². The highest BCUT2D eigenvalue weighted by atomic mass is 16.7. The van der Waals surface area contributed by atoms with Gasteiger partial charge in [0.25, 0.3) is 11.8 Å². The molecule has 41 nitrogen and oxygen atoms in total. The molecule has 27 N–H and O–H groups in total. The molecule has 41 heteroatoms. The van der Waals surface area contributed by atoms with Crippen molar-refractivity contribution in [2.24, 2.45) is 0 Å². The first kappa shape index (κ1) is 82.2. The number of aliphatic hydroxyl groups excluding tert-OH is 20. The van der Waals surface area contributed by atoms with E-state index in [-0.39, 0.29) is 45.8 Å². The Hall–Kier alpha value is -4.79. The van der Waals surface area contributed by atoms with Crippen LogP contribution in [-0.4, -0.2) is 432 Å². The number of hydrogen-bond acceptors (Lipinski definition) is 34. The molecule has 16 unspecified atom stereocenters. The summed E-state index contributed by atoms with van der Waals surface area (Å²) < 4.78 is 0. The van der Waals surface area contributed by atoms with Crippen molar-refractivity contribution in [2.45, 2.75) is 97.7 Å². The van der Waals surface area contributed by atoms with E-state index in [1.165, 1.54) is 4.90 Å². The number of nitrogens with one attached hydrogen (secondary N) is 4. The molecular weight excluding hydrogens is 1190 g/mol. The smallest absolute Gasteiger partial charge is 0.317 e. The molecule has 0 aliphatic rings. The average Bonchev–Trinajstić information content (AvgIpc) is 3.69. The highest BCUT2D eigenvalue weighted by Gasteiger charge is 2.37. The fraction of sp³-hybridized carbons (Fsp3) is 0.848. The van der Waals surface area contributed by atoms with E-state index in [1.807, 2.05) is 0 Å². The van der Waals surface area contributed by atoms with Crippen LogP contribution in [0.1, 0.15) is 0 Å². The molecule has 0 aromatic heterocycles. The molecular formula is C46H89N9O32. The maximum absolute atomic E-state index is 13.9. The Balaban J connectivity index is 6.47. The normalized spacial score (nSPS) is 17.6. The van der Waals surface area contributed by atoms with Crippen LogP contribution in [0.15, 0.2) is 0 Å². The Morgan fingerprint density at radius 2 is 0.575 bits per heavy atom. The Morgan fingerprint density at radius 3 is 0.862 bits per heavy atom. The lowest BCUT2D eigenvalue weighted by Crippen LogP contribution is -2.54. The van der Waals surface area contributed by atoms with Crippen LogP contribution in [0.4, 0.5) is 0 Å². The molecule has 0 radical (unpaired) electrons. The largest absolute Gasteiger partial charge is 0.480 e. The summed E-state index contributed by atoms with van der Waals surface area (Å²) in [5.41, 5.74) is 4.75. The summed E-state index contributed by atoms with van der Waals surface area (Å²) in [6.07, 6.45) is -33.1. The average molecular weight is 1280 g/mol. The molecule has 0 heterocycles. The molecule has 0 aliphatic heterocycles. The van der Waals surface area contributed by atoms with Gasteiger partial charge < -0.3 is 138 Å². The van der Waals surface area contributed by atoms with Gasteiger partial charge >= 0.3 is 17.9 Å². The summed E-state index contributed by atoms with van der Waals surface area (Å²) in [5.74, 6) is -8.94. The second-order valence-electron chi connectivity index (χ2n) is 19.6. The molecule has 0 spiro atoms. The van der Waals surface area contributed by atoms with Gasteiger partial charge in [-0.2, -0.15) is 0 Å². The van der Waals surface area contributed by atoms with E-state index < -0.39 is 244 Å². The monoisotopic (exact) mass is 1280 g/mol. The fourth-order valence-electron chi connectivity index (χ4n) is 7.45. The van der Waals surface area contributed by atoms with Crippen molar-refractivity contribution in [3.05, 3.63) is 0 Å². The number of carbonyl (C=O) groups excluding carboxylic acids is 4. The highest BCUT2D eigenvalue weighted by Crippen LogP contribution is 2.10. The van der Waals surface area contributed by atoms with Gasteiger partial charge in [0.15, 0.2) is 12.2 Å². The number of carbonyl (C=O) groups is 7. The third kappa shape index (κ3) is 32.5. The molecule has 0 saturated heterocycles. The van der Waals surface area contributed by atoms with Gasteiger partial charge in [0.2, 0.25) is 11.8 Å². The zero-order chi connectivity index (χ0) is 66.7. The second kappa shape index (κ2) is 44.6. The maximum Gasteiger partial charge on any atom is 0.317 e. The van der Waals surface area contributed by atoms with Crippen molar-refractivity contribution >= 4 is 41.5 Å². The number of amides is 4. The van der Waals surface area contributed by atoms with E-state index in [2.05, 4.69) is 21.6 Å². The summed E-state index contributed by atoms with van der Waals surface area (Å²) >= 11 is 0. The fourth-order valence-corrected chi connectivity index (χ4v) is 7.45. The number of aliphatic carboxylic acids is 3. The lowest BCUT2D eigenvalue weighted by atomic mass is 10.0. The number of carboxylic acid groups (broad SMARTS) is 3. The number of rotatable bonds is 52. The van der Waals surface area contributed by atoms with Gasteiger partial charge in [0.05, 0.1) is 72.4 Å². The van der Waals surface area contributed by atoms with Crippen LogP contribution in [0.5, 0.6) is 0 Å². The standard InChI is InChI=1S/C46H89N9O32/c56-18-24(60)35(74)39(78)28(64)22-86-49-3-7-55(8-4-50-87-23-29(65)40(79)36(75)25(61)19-57)31(67)14-53(17-34(72)73)12-10-51(15-32(68)69)9-11-52(16-33(70)71)13-30(66)54(5-1-47-45(84)43(82)41(80)37(76)26(62)20-58)6-2-48-46(85)44(83)42(81)38(77)27(63)21-59/h24-29,35-44,49-50,56-65,74-83H,1-23H2,(H,47,84)(H,48,85)(H,68,69)(H,70,71)(H,72,73). The molecule has 0 rings (SSSR count). The minimum atomic E-state index is -2.42. The first-order valence-electron chi connectivity index (χ1n) is 26.7. The highest BCUT2D eigenvalue weighted by molar-refractivity contribution is 5.83. The van der Waals surface area contributed by atoms with E-state index >= 15 is 0 Å². The zero-order valence-corrected chi connectivity index (χ0v) is 47.2. The Morgan fingerprint density at radius 1 is 0.322 bits per heavy atom. The van der Waals surface area contributed by atoms with Crippen LogP contribution >= 0.6 is 0 Å². The molecule has 0 fully saturated rings. The van der Waals surface area contributed by atoms with Crippen LogP contribution in [0.3, 0.4) is 0 Å². The SMILES string of the molecule is O=C(O)CN(CCN(CC(=O)O)CC(=O)N(CCNOCC(O)C(O)C(O)C(O)CO)CCNOCC(O)C(O)C(O)C(O)CO)CCN(CC(=O)O)CC(=O)N(CCNC(=O)C(O)C(O)C(O)C(O)CO)CCNC(=O)C(O)C(O)C(O)C(O)CO. The number of aliphatic hydroxyl groups is 20. The summed E-state index contributed by atoms with van der Waals surface area (Å²) in [7, 11) is 0. The maximum atomic E-state index is 13.9. The van der Waals surface area contributed by atoms with Gasteiger partial charge in [-0.05, 0) is 0 Å². The first-order chi connectivity index (χ1) is 40.8. The second-order valence-corrected chi connectivity index (χ2v) is 19.6. The minimum absolute atomic E-state index is 0.265. The molecule has 0 bridgehead atoms. The molecule has 16 atom stereocenters. The molecule has 0 aromatic rings. The molecule has 0 aromatic carbocycles. The van der Waals surface area contributed by atoms with Gasteiger partial charge in [0.1, 0.15) is 85.5 Å². The lowest BCUT2D eigenvalue weighted by molar-refractivity contribution is -0.149. The summed E-state index contributed by atoms with van der Waals surface area (Å²) in [4.78, 5) is 105. The molecule has 4 amide bonds. The van der Waals surface area contributed by atoms with Crippen LogP contribution in [-0.2, 0) is 43.2 Å². The topological polar surface area (TPSA) is 668 Å². The minimum Gasteiger partial charge on any atom is -0.480 e. The van der Waals surface area contributed by atoms with Crippen LogP contribution in [0, 0.1) is 0 Å². The van der Waals surface area contributed by atoms with Crippen molar-refractivity contribution < 1.29 is 161 Å². The van der Waals surface area contributed by atoms with E-state index in [9.17, 15) is 131 Å². The van der Waals surface area contributed by atoms with Crippen LogP contribution < -0.4 is 21.6 Å². The molecule has 0 aliphatic carbocycles. The third-order valence-corrected chi connectivity index (χ3v) is 12.7. The lowest BCUT2D eigenvalue weighted by Gasteiger charge is -2.31. The molecule has 0 saturated carbocycles. The zero-order valence-electron chi connectivity index (χ0n) is 47.2. The molecule has 510 valence electrons. The number of nitrogens with zero attached hydrogens (tertiary/aromatic N) is 5. The van der Waals surface area contributed by atoms with Gasteiger partial charge in [-0.1, -0.05) is 0 Å². The third-order valence-electron chi connectivity index (χ3n) is 12.7. The Bertz CT molecular complexity index is 1900. The van der Waals surface area contributed by atoms with Crippen molar-refractivity contribution in [1.82, 2.24) is 46.1 Å².